The standard InChI is InChI=1S/C11H19NO5/c1-7(13)8(6-9(14)16-5)12-10(15)17-11(2,3)4/h8H,6H2,1-5H3,(H,12,15). The van der Waals surface area contributed by atoms with Crippen molar-refractivity contribution in [1.29, 1.82) is 0 Å². The number of methoxy groups -OCH3 is 1. The van der Waals surface area contributed by atoms with Crippen LogP contribution >= 0.6 is 0 Å². The second kappa shape index (κ2) is 6.22. The van der Waals surface area contributed by atoms with Crippen LogP contribution in [0.2, 0.25) is 0 Å². The van der Waals surface area contributed by atoms with Gasteiger partial charge in [0.25, 0.3) is 0 Å². The predicted octanol–water partition coefficient (Wildman–Crippen LogP) is 1.03. The molecule has 0 rings (SSSR count). The lowest BCUT2D eigenvalue weighted by Crippen LogP contribution is -2.43. The number of hydrogen-bond donors (Lipinski definition) is 1. The summed E-state index contributed by atoms with van der Waals surface area (Å²) in [7, 11) is 1.22. The Kier molecular flexibility index (Phi) is 5.64. The van der Waals surface area contributed by atoms with Crippen LogP contribution in [-0.2, 0) is 19.1 Å². The van der Waals surface area contributed by atoms with Crippen LogP contribution in [-0.4, -0.2) is 36.6 Å². The van der Waals surface area contributed by atoms with E-state index in [4.69, 9.17) is 4.74 Å². The van der Waals surface area contributed by atoms with Crippen molar-refractivity contribution in [2.45, 2.75) is 45.8 Å². The van der Waals surface area contributed by atoms with Gasteiger partial charge >= 0.3 is 12.1 Å². The van der Waals surface area contributed by atoms with E-state index in [2.05, 4.69) is 10.1 Å². The van der Waals surface area contributed by atoms with E-state index >= 15 is 0 Å². The quantitative estimate of drug-likeness (QED) is 0.748. The molecule has 6 heteroatoms. The van der Waals surface area contributed by atoms with Gasteiger partial charge in [0.15, 0.2) is 5.78 Å². The van der Waals surface area contributed by atoms with Gasteiger partial charge in [-0.15, -0.1) is 0 Å². The Balaban J connectivity index is 4.41. The van der Waals surface area contributed by atoms with E-state index in [0.717, 1.165) is 0 Å². The summed E-state index contributed by atoms with van der Waals surface area (Å²) < 4.78 is 9.41. The maximum atomic E-state index is 11.4. The molecule has 0 saturated heterocycles. The molecule has 98 valence electrons. The number of ether oxygens (including phenoxy) is 2. The largest absolute Gasteiger partial charge is 0.469 e. The zero-order valence-corrected chi connectivity index (χ0v) is 10.8. The summed E-state index contributed by atoms with van der Waals surface area (Å²) in [5, 5.41) is 2.33. The molecule has 1 N–H and O–H groups in total. The van der Waals surface area contributed by atoms with Gasteiger partial charge in [-0.25, -0.2) is 4.79 Å². The summed E-state index contributed by atoms with van der Waals surface area (Å²) in [6.45, 7) is 6.39. The molecular weight excluding hydrogens is 226 g/mol. The highest BCUT2D eigenvalue weighted by Crippen LogP contribution is 2.07. The Morgan fingerprint density at radius 1 is 1.24 bits per heavy atom. The lowest BCUT2D eigenvalue weighted by molar-refractivity contribution is -0.142. The highest BCUT2D eigenvalue weighted by Gasteiger charge is 2.24. The number of Topliss-reactive ketones (excluding diaryl/α,β-unsaturated/α-hetero) is 1. The molecular formula is C11H19NO5. The minimum atomic E-state index is -0.919. The van der Waals surface area contributed by atoms with E-state index in [9.17, 15) is 14.4 Å². The van der Waals surface area contributed by atoms with Crippen LogP contribution in [0.4, 0.5) is 4.79 Å². The second-order valence-corrected chi connectivity index (χ2v) is 4.59. The monoisotopic (exact) mass is 245 g/mol. The summed E-state index contributed by atoms with van der Waals surface area (Å²) in [5.41, 5.74) is -0.656. The number of carbonyl (C=O) groups excluding carboxylic acids is 3. The van der Waals surface area contributed by atoms with Gasteiger partial charge in [-0.2, -0.15) is 0 Å². The van der Waals surface area contributed by atoms with Crippen molar-refractivity contribution in [3.05, 3.63) is 0 Å². The Labute approximate surface area is 101 Å². The fourth-order valence-electron chi connectivity index (χ4n) is 0.996. The molecule has 0 aromatic carbocycles. The van der Waals surface area contributed by atoms with Crippen LogP contribution in [0.15, 0.2) is 0 Å². The number of esters is 1. The third-order valence-electron chi connectivity index (χ3n) is 1.78. The summed E-state index contributed by atoms with van der Waals surface area (Å²) in [6.07, 6.45) is -0.938. The average molecular weight is 245 g/mol. The van der Waals surface area contributed by atoms with E-state index in [0.29, 0.717) is 0 Å². The first kappa shape index (κ1) is 15.4. The molecule has 6 nitrogen and oxygen atoms in total. The molecule has 0 bridgehead atoms. The van der Waals surface area contributed by atoms with E-state index in [-0.39, 0.29) is 12.2 Å². The Morgan fingerprint density at radius 3 is 2.12 bits per heavy atom. The van der Waals surface area contributed by atoms with Crippen LogP contribution < -0.4 is 5.32 Å². The summed E-state index contributed by atoms with van der Waals surface area (Å²) in [6, 6.07) is -0.919. The molecule has 17 heavy (non-hydrogen) atoms. The molecule has 1 unspecified atom stereocenters. The highest BCUT2D eigenvalue weighted by molar-refractivity contribution is 5.89. The second-order valence-electron chi connectivity index (χ2n) is 4.59. The number of amides is 1. The van der Waals surface area contributed by atoms with Crippen LogP contribution in [0.3, 0.4) is 0 Å². The van der Waals surface area contributed by atoms with Gasteiger partial charge in [-0.1, -0.05) is 0 Å². The van der Waals surface area contributed by atoms with Crippen molar-refractivity contribution in [3.8, 4) is 0 Å². The summed E-state index contributed by atoms with van der Waals surface area (Å²) in [5.74, 6) is -0.900. The molecule has 0 aromatic rings. The van der Waals surface area contributed by atoms with Gasteiger partial charge in [0, 0.05) is 0 Å². The number of hydrogen-bond acceptors (Lipinski definition) is 5. The molecule has 0 heterocycles. The van der Waals surface area contributed by atoms with Crippen molar-refractivity contribution in [2.24, 2.45) is 0 Å². The molecule has 1 atom stereocenters. The zero-order valence-electron chi connectivity index (χ0n) is 10.8. The minimum Gasteiger partial charge on any atom is -0.469 e. The molecule has 0 aliphatic carbocycles. The van der Waals surface area contributed by atoms with Crippen molar-refractivity contribution in [2.75, 3.05) is 7.11 Å². The topological polar surface area (TPSA) is 81.7 Å². The van der Waals surface area contributed by atoms with Crippen LogP contribution in [0.5, 0.6) is 0 Å². The number of rotatable bonds is 4. The lowest BCUT2D eigenvalue weighted by Gasteiger charge is -2.22. The van der Waals surface area contributed by atoms with Gasteiger partial charge in [-0.05, 0) is 27.7 Å². The maximum absolute atomic E-state index is 11.4. The molecule has 1 amide bonds. The van der Waals surface area contributed by atoms with E-state index in [1.165, 1.54) is 14.0 Å². The van der Waals surface area contributed by atoms with Crippen molar-refractivity contribution in [3.63, 3.8) is 0 Å². The smallest absolute Gasteiger partial charge is 0.408 e. The van der Waals surface area contributed by atoms with Gasteiger partial charge in [0.2, 0.25) is 0 Å². The molecule has 0 aliphatic rings. The number of ketones is 1. The number of carbonyl (C=O) groups is 3. The van der Waals surface area contributed by atoms with E-state index < -0.39 is 23.7 Å². The predicted molar refractivity (Wildman–Crippen MR) is 60.5 cm³/mol. The fraction of sp³-hybridized carbons (Fsp3) is 0.727. The first-order valence-corrected chi connectivity index (χ1v) is 5.22. The van der Waals surface area contributed by atoms with Crippen molar-refractivity contribution >= 4 is 17.8 Å². The van der Waals surface area contributed by atoms with E-state index in [1.54, 1.807) is 20.8 Å². The highest BCUT2D eigenvalue weighted by atomic mass is 16.6. The van der Waals surface area contributed by atoms with Gasteiger partial charge in [-0.3, -0.25) is 9.59 Å². The molecule has 0 spiro atoms. The van der Waals surface area contributed by atoms with Gasteiger partial charge in [0.1, 0.15) is 11.6 Å². The maximum Gasteiger partial charge on any atom is 0.408 e. The first-order valence-electron chi connectivity index (χ1n) is 5.22. The van der Waals surface area contributed by atoms with Gasteiger partial charge in [0.05, 0.1) is 13.5 Å². The minimum absolute atomic E-state index is 0.203. The Morgan fingerprint density at radius 2 is 1.76 bits per heavy atom. The summed E-state index contributed by atoms with van der Waals surface area (Å²) in [4.78, 5) is 33.7. The third kappa shape index (κ3) is 7.32. The average Bonchev–Trinajstić information content (AvgIpc) is 2.13. The zero-order chi connectivity index (χ0) is 13.6. The van der Waals surface area contributed by atoms with Crippen LogP contribution in [0, 0.1) is 0 Å². The third-order valence-corrected chi connectivity index (χ3v) is 1.78. The molecule has 0 aromatic heterocycles. The lowest BCUT2D eigenvalue weighted by atomic mass is 10.1. The van der Waals surface area contributed by atoms with Crippen molar-refractivity contribution in [1.82, 2.24) is 5.32 Å². The molecule has 0 fully saturated rings. The first-order chi connectivity index (χ1) is 7.65. The summed E-state index contributed by atoms with van der Waals surface area (Å²) >= 11 is 0. The Hall–Kier alpha value is -1.59. The number of alkyl carbamates (subject to hydrolysis) is 1. The van der Waals surface area contributed by atoms with Crippen molar-refractivity contribution < 1.29 is 23.9 Å². The Bertz CT molecular complexity index is 305. The van der Waals surface area contributed by atoms with Gasteiger partial charge < -0.3 is 14.8 Å². The van der Waals surface area contributed by atoms with Crippen LogP contribution in [0.1, 0.15) is 34.1 Å². The number of nitrogens with one attached hydrogen (secondary N) is 1. The molecule has 0 saturated carbocycles. The normalized spacial score (nSPS) is 12.5. The van der Waals surface area contributed by atoms with Crippen LogP contribution in [0.25, 0.3) is 0 Å². The SMILES string of the molecule is COC(=O)CC(NC(=O)OC(C)(C)C)C(C)=O. The van der Waals surface area contributed by atoms with E-state index in [1.807, 2.05) is 0 Å². The molecule has 0 aliphatic heterocycles. The fourth-order valence-corrected chi connectivity index (χ4v) is 0.996. The molecule has 0 radical (unpaired) electrons.